The van der Waals surface area contributed by atoms with Crippen molar-refractivity contribution in [3.63, 3.8) is 0 Å². The third-order valence-electron chi connectivity index (χ3n) is 6.17. The molecule has 1 N–H and O–H groups in total. The fourth-order valence-corrected chi connectivity index (χ4v) is 5.03. The van der Waals surface area contributed by atoms with Crippen LogP contribution < -0.4 is 14.4 Å². The number of anilines is 1. The van der Waals surface area contributed by atoms with Crippen molar-refractivity contribution in [2.75, 3.05) is 23.7 Å². The first-order valence-corrected chi connectivity index (χ1v) is 14.8. The van der Waals surface area contributed by atoms with Crippen LogP contribution in [0.5, 0.6) is 5.75 Å². The van der Waals surface area contributed by atoms with E-state index in [0.717, 1.165) is 18.2 Å². The molecule has 0 spiro atoms. The predicted molar refractivity (Wildman–Crippen MR) is 148 cm³/mol. The highest BCUT2D eigenvalue weighted by molar-refractivity contribution is 7.92. The van der Waals surface area contributed by atoms with E-state index in [0.29, 0.717) is 37.4 Å². The maximum Gasteiger partial charge on any atom is 0.243 e. The molecule has 2 atom stereocenters. The maximum absolute atomic E-state index is 13.5. The first kappa shape index (κ1) is 30.2. The van der Waals surface area contributed by atoms with E-state index in [1.165, 1.54) is 4.31 Å². The molecule has 0 bridgehead atoms. The minimum Gasteiger partial charge on any atom is -0.492 e. The van der Waals surface area contributed by atoms with Crippen molar-refractivity contribution in [3.05, 3.63) is 60.2 Å². The van der Waals surface area contributed by atoms with Gasteiger partial charge in [-0.25, -0.2) is 8.42 Å². The second-order valence-corrected chi connectivity index (χ2v) is 11.0. The fraction of sp³-hybridized carbons (Fsp3) is 0.500. The van der Waals surface area contributed by atoms with E-state index < -0.39 is 16.1 Å². The number of carbonyl (C=O) groups is 2. The predicted octanol–water partition coefficient (Wildman–Crippen LogP) is 4.35. The molecule has 0 aliphatic heterocycles. The minimum absolute atomic E-state index is 0.00366. The van der Waals surface area contributed by atoms with Gasteiger partial charge in [0.15, 0.2) is 0 Å². The summed E-state index contributed by atoms with van der Waals surface area (Å²) in [5.74, 6) is 0.103. The summed E-state index contributed by atoms with van der Waals surface area (Å²) in [5.41, 5.74) is 1.37. The average Bonchev–Trinajstić information content (AvgIpc) is 2.87. The molecule has 2 aromatic rings. The molecule has 0 unspecified atom stereocenters. The molecule has 0 heterocycles. The van der Waals surface area contributed by atoms with Gasteiger partial charge >= 0.3 is 0 Å². The number of nitrogens with zero attached hydrogens (tertiary/aromatic N) is 2. The van der Waals surface area contributed by atoms with Crippen LogP contribution in [0, 0.1) is 0 Å². The van der Waals surface area contributed by atoms with Gasteiger partial charge in [0.2, 0.25) is 21.8 Å². The van der Waals surface area contributed by atoms with Crippen molar-refractivity contribution in [1.82, 2.24) is 10.2 Å². The number of nitrogens with one attached hydrogen (secondary N) is 1. The number of rotatable bonds is 15. The van der Waals surface area contributed by atoms with Gasteiger partial charge < -0.3 is 15.0 Å². The second kappa shape index (κ2) is 14.6. The largest absolute Gasteiger partial charge is 0.492 e. The van der Waals surface area contributed by atoms with Crippen LogP contribution in [0.2, 0.25) is 0 Å². The molecular formula is C28H41N3O5S. The average molecular weight is 532 g/mol. The van der Waals surface area contributed by atoms with Gasteiger partial charge in [-0.15, -0.1) is 0 Å². The lowest BCUT2D eigenvalue weighted by Gasteiger charge is -2.32. The zero-order chi connectivity index (χ0) is 27.4. The Bertz CT molecular complexity index is 1110. The van der Waals surface area contributed by atoms with Crippen molar-refractivity contribution in [2.45, 2.75) is 72.0 Å². The monoisotopic (exact) mass is 531 g/mol. The lowest BCUT2D eigenvalue weighted by atomic mass is 10.1. The molecular weight excluding hydrogens is 490 g/mol. The molecule has 0 radical (unpaired) electrons. The van der Waals surface area contributed by atoms with Crippen LogP contribution in [0.4, 0.5) is 5.69 Å². The Morgan fingerprint density at radius 1 is 0.973 bits per heavy atom. The molecule has 37 heavy (non-hydrogen) atoms. The van der Waals surface area contributed by atoms with E-state index in [1.807, 2.05) is 58.0 Å². The molecule has 9 heteroatoms. The molecule has 0 saturated heterocycles. The van der Waals surface area contributed by atoms with E-state index >= 15 is 0 Å². The number of ether oxygens (including phenoxy) is 1. The summed E-state index contributed by atoms with van der Waals surface area (Å²) in [6.07, 6.45) is 2.80. The Morgan fingerprint density at radius 2 is 1.62 bits per heavy atom. The maximum atomic E-state index is 13.5. The van der Waals surface area contributed by atoms with Crippen molar-refractivity contribution in [2.24, 2.45) is 0 Å². The smallest absolute Gasteiger partial charge is 0.243 e. The van der Waals surface area contributed by atoms with Crippen LogP contribution in [0.3, 0.4) is 0 Å². The van der Waals surface area contributed by atoms with Gasteiger partial charge in [0.1, 0.15) is 11.8 Å². The summed E-state index contributed by atoms with van der Waals surface area (Å²) in [6.45, 7) is 8.48. The zero-order valence-electron chi connectivity index (χ0n) is 22.6. The number of amides is 2. The van der Waals surface area contributed by atoms with Crippen molar-refractivity contribution < 1.29 is 22.7 Å². The number of hydrogen-bond acceptors (Lipinski definition) is 5. The first-order chi connectivity index (χ1) is 17.6. The first-order valence-electron chi connectivity index (χ1n) is 13.0. The van der Waals surface area contributed by atoms with E-state index in [-0.39, 0.29) is 30.8 Å². The number of hydrogen-bond donors (Lipinski definition) is 1. The summed E-state index contributed by atoms with van der Waals surface area (Å²) < 4.78 is 32.2. The second-order valence-electron chi connectivity index (χ2n) is 9.09. The van der Waals surface area contributed by atoms with Crippen LogP contribution in [0.15, 0.2) is 54.6 Å². The summed E-state index contributed by atoms with van der Waals surface area (Å²) in [7, 11) is -3.61. The van der Waals surface area contributed by atoms with Gasteiger partial charge in [0.25, 0.3) is 0 Å². The van der Waals surface area contributed by atoms with E-state index in [9.17, 15) is 18.0 Å². The summed E-state index contributed by atoms with van der Waals surface area (Å²) >= 11 is 0. The van der Waals surface area contributed by atoms with Crippen LogP contribution in [-0.2, 0) is 26.2 Å². The number of sulfonamides is 1. The van der Waals surface area contributed by atoms with Gasteiger partial charge in [-0.1, -0.05) is 56.3 Å². The molecule has 0 aromatic heterocycles. The van der Waals surface area contributed by atoms with Gasteiger partial charge in [0.05, 0.1) is 18.6 Å². The van der Waals surface area contributed by atoms with Crippen LogP contribution >= 0.6 is 0 Å². The van der Waals surface area contributed by atoms with Crippen molar-refractivity contribution in [3.8, 4) is 5.75 Å². The Kier molecular flexibility index (Phi) is 11.9. The fourth-order valence-electron chi connectivity index (χ4n) is 4.06. The summed E-state index contributed by atoms with van der Waals surface area (Å²) in [5, 5.41) is 3.00. The lowest BCUT2D eigenvalue weighted by molar-refractivity contribution is -0.141. The Morgan fingerprint density at radius 3 is 2.22 bits per heavy atom. The topological polar surface area (TPSA) is 96.0 Å². The third-order valence-corrected chi connectivity index (χ3v) is 7.35. The molecule has 8 nitrogen and oxygen atoms in total. The highest BCUT2D eigenvalue weighted by atomic mass is 32.2. The van der Waals surface area contributed by atoms with Crippen molar-refractivity contribution in [1.29, 1.82) is 0 Å². The Labute approximate surface area is 222 Å². The van der Waals surface area contributed by atoms with Gasteiger partial charge in [-0.2, -0.15) is 0 Å². The quantitative estimate of drug-likeness (QED) is 0.369. The van der Waals surface area contributed by atoms with Crippen LogP contribution in [0.1, 0.15) is 58.9 Å². The van der Waals surface area contributed by atoms with Gasteiger partial charge in [-0.05, 0) is 50.8 Å². The molecule has 2 amide bonds. The molecule has 2 rings (SSSR count). The molecule has 0 fully saturated rings. The standard InChI is InChI=1S/C28H41N3O5S/c1-6-22(4)29-28(33)24(7-2)30(21-23-15-10-9-11-16-23)27(32)19-14-20-31(37(5,34)35)25-17-12-13-18-26(25)36-8-3/h9-13,15-18,22,24H,6-8,14,19-21H2,1-5H3,(H,29,33)/t22-,24-/m0/s1. The van der Waals surface area contributed by atoms with E-state index in [2.05, 4.69) is 5.32 Å². The Hall–Kier alpha value is -3.07. The van der Waals surface area contributed by atoms with E-state index in [1.54, 1.807) is 29.2 Å². The van der Waals surface area contributed by atoms with Gasteiger partial charge in [-0.3, -0.25) is 13.9 Å². The summed E-state index contributed by atoms with van der Waals surface area (Å²) in [6, 6.07) is 15.9. The Balaban J connectivity index is 2.23. The molecule has 204 valence electrons. The van der Waals surface area contributed by atoms with Gasteiger partial charge in [0, 0.05) is 25.6 Å². The molecule has 0 saturated carbocycles. The molecule has 0 aliphatic rings. The molecule has 0 aliphatic carbocycles. The number of para-hydroxylation sites is 2. The molecule has 2 aromatic carbocycles. The number of carbonyl (C=O) groups excluding carboxylic acids is 2. The van der Waals surface area contributed by atoms with Crippen LogP contribution in [-0.4, -0.2) is 56.6 Å². The lowest BCUT2D eigenvalue weighted by Crippen LogP contribution is -2.50. The SMILES string of the molecule is CCOc1ccccc1N(CCCC(=O)N(Cc1ccccc1)[C@@H](CC)C(=O)N[C@@H](C)CC)S(C)(=O)=O. The third kappa shape index (κ3) is 9.07. The number of benzene rings is 2. The normalized spacial score (nSPS) is 12.9. The van der Waals surface area contributed by atoms with E-state index in [4.69, 9.17) is 4.74 Å². The summed E-state index contributed by atoms with van der Waals surface area (Å²) in [4.78, 5) is 28.2. The van der Waals surface area contributed by atoms with Crippen molar-refractivity contribution >= 4 is 27.5 Å². The zero-order valence-corrected chi connectivity index (χ0v) is 23.5. The highest BCUT2D eigenvalue weighted by Gasteiger charge is 2.29. The highest BCUT2D eigenvalue weighted by Crippen LogP contribution is 2.30. The van der Waals surface area contributed by atoms with Crippen LogP contribution in [0.25, 0.3) is 0 Å². The minimum atomic E-state index is -3.61.